The summed E-state index contributed by atoms with van der Waals surface area (Å²) in [6, 6.07) is 12.7. The average molecular weight is 336 g/mol. The SMILES string of the molecule is CCC(C)c1ccc(C(N)c2cc(F)cc(Br)c2)cc1. The molecule has 0 aliphatic heterocycles. The van der Waals surface area contributed by atoms with E-state index in [9.17, 15) is 4.39 Å². The molecule has 0 heterocycles. The van der Waals surface area contributed by atoms with E-state index in [2.05, 4.69) is 41.9 Å². The van der Waals surface area contributed by atoms with Crippen LogP contribution in [-0.4, -0.2) is 0 Å². The molecule has 0 amide bonds. The van der Waals surface area contributed by atoms with Crippen molar-refractivity contribution in [3.05, 3.63) is 69.4 Å². The fourth-order valence-electron chi connectivity index (χ4n) is 2.21. The van der Waals surface area contributed by atoms with Gasteiger partial charge in [0.1, 0.15) is 5.82 Å². The van der Waals surface area contributed by atoms with Gasteiger partial charge in [-0.3, -0.25) is 0 Å². The highest BCUT2D eigenvalue weighted by Gasteiger charge is 2.11. The molecule has 0 spiro atoms. The molecule has 0 fully saturated rings. The zero-order valence-electron chi connectivity index (χ0n) is 11.7. The molecule has 0 aliphatic rings. The second-order valence-corrected chi connectivity index (χ2v) is 6.07. The van der Waals surface area contributed by atoms with Crippen LogP contribution < -0.4 is 5.73 Å². The molecule has 0 saturated heterocycles. The van der Waals surface area contributed by atoms with Crippen LogP contribution in [0.15, 0.2) is 46.9 Å². The molecule has 106 valence electrons. The van der Waals surface area contributed by atoms with Crippen molar-refractivity contribution in [2.45, 2.75) is 32.2 Å². The quantitative estimate of drug-likeness (QED) is 0.821. The predicted molar refractivity (Wildman–Crippen MR) is 85.3 cm³/mol. The number of benzene rings is 2. The van der Waals surface area contributed by atoms with Crippen LogP contribution in [0.5, 0.6) is 0 Å². The topological polar surface area (TPSA) is 26.0 Å². The van der Waals surface area contributed by atoms with E-state index in [1.54, 1.807) is 0 Å². The molecule has 0 radical (unpaired) electrons. The third-order valence-electron chi connectivity index (χ3n) is 3.72. The average Bonchev–Trinajstić information content (AvgIpc) is 2.45. The molecule has 0 aliphatic carbocycles. The van der Waals surface area contributed by atoms with Gasteiger partial charge in [-0.05, 0) is 47.2 Å². The van der Waals surface area contributed by atoms with E-state index in [0.29, 0.717) is 10.4 Å². The lowest BCUT2D eigenvalue weighted by atomic mass is 9.94. The molecule has 2 unspecified atom stereocenters. The van der Waals surface area contributed by atoms with Gasteiger partial charge in [0.25, 0.3) is 0 Å². The summed E-state index contributed by atoms with van der Waals surface area (Å²) in [4.78, 5) is 0. The summed E-state index contributed by atoms with van der Waals surface area (Å²) in [6.45, 7) is 4.38. The largest absolute Gasteiger partial charge is 0.320 e. The third kappa shape index (κ3) is 3.47. The van der Waals surface area contributed by atoms with Crippen molar-refractivity contribution in [2.24, 2.45) is 5.73 Å². The van der Waals surface area contributed by atoms with Gasteiger partial charge in [0.05, 0.1) is 6.04 Å². The summed E-state index contributed by atoms with van der Waals surface area (Å²) in [5.74, 6) is 0.268. The molecule has 2 aromatic rings. The number of rotatable bonds is 4. The lowest BCUT2D eigenvalue weighted by molar-refractivity contribution is 0.622. The van der Waals surface area contributed by atoms with Crippen molar-refractivity contribution < 1.29 is 4.39 Å². The van der Waals surface area contributed by atoms with Crippen LogP contribution in [-0.2, 0) is 0 Å². The molecule has 0 aromatic heterocycles. The van der Waals surface area contributed by atoms with Crippen LogP contribution in [0.3, 0.4) is 0 Å². The second-order valence-electron chi connectivity index (χ2n) is 5.16. The van der Waals surface area contributed by atoms with E-state index in [0.717, 1.165) is 17.5 Å². The third-order valence-corrected chi connectivity index (χ3v) is 4.18. The Morgan fingerprint density at radius 2 is 1.65 bits per heavy atom. The monoisotopic (exact) mass is 335 g/mol. The molecule has 2 aromatic carbocycles. The summed E-state index contributed by atoms with van der Waals surface area (Å²) in [6.07, 6.45) is 1.11. The molecule has 2 N–H and O–H groups in total. The Morgan fingerprint density at radius 1 is 1.05 bits per heavy atom. The molecule has 2 atom stereocenters. The van der Waals surface area contributed by atoms with E-state index in [-0.39, 0.29) is 11.9 Å². The fraction of sp³-hybridized carbons (Fsp3) is 0.294. The standard InChI is InChI=1S/C17H19BrFN/c1-3-11(2)12-4-6-13(7-5-12)17(20)14-8-15(18)10-16(19)9-14/h4-11,17H,3,20H2,1-2H3. The van der Waals surface area contributed by atoms with Gasteiger partial charge in [-0.2, -0.15) is 0 Å². The minimum atomic E-state index is -0.312. The maximum atomic E-state index is 13.4. The van der Waals surface area contributed by atoms with Crippen LogP contribution in [0.25, 0.3) is 0 Å². The van der Waals surface area contributed by atoms with Crippen molar-refractivity contribution in [2.75, 3.05) is 0 Å². The zero-order valence-corrected chi connectivity index (χ0v) is 13.3. The van der Waals surface area contributed by atoms with Crippen molar-refractivity contribution >= 4 is 15.9 Å². The highest BCUT2D eigenvalue weighted by atomic mass is 79.9. The number of hydrogen-bond donors (Lipinski definition) is 1. The van der Waals surface area contributed by atoms with Crippen LogP contribution >= 0.6 is 15.9 Å². The van der Waals surface area contributed by atoms with Gasteiger partial charge in [-0.15, -0.1) is 0 Å². The van der Waals surface area contributed by atoms with Crippen molar-refractivity contribution in [3.63, 3.8) is 0 Å². The Labute approximate surface area is 128 Å². The van der Waals surface area contributed by atoms with Crippen molar-refractivity contribution in [1.82, 2.24) is 0 Å². The van der Waals surface area contributed by atoms with E-state index in [4.69, 9.17) is 5.73 Å². The van der Waals surface area contributed by atoms with Crippen LogP contribution in [0.1, 0.15) is 48.9 Å². The van der Waals surface area contributed by atoms with Gasteiger partial charge in [0.15, 0.2) is 0 Å². The molecule has 20 heavy (non-hydrogen) atoms. The second kappa shape index (κ2) is 6.51. The smallest absolute Gasteiger partial charge is 0.124 e. The summed E-state index contributed by atoms with van der Waals surface area (Å²) in [5.41, 5.74) is 9.30. The van der Waals surface area contributed by atoms with Gasteiger partial charge < -0.3 is 5.73 Å². The van der Waals surface area contributed by atoms with Gasteiger partial charge in [0, 0.05) is 4.47 Å². The van der Waals surface area contributed by atoms with E-state index < -0.39 is 0 Å². The fourth-order valence-corrected chi connectivity index (χ4v) is 2.70. The van der Waals surface area contributed by atoms with Gasteiger partial charge in [-0.25, -0.2) is 4.39 Å². The zero-order chi connectivity index (χ0) is 14.7. The Hall–Kier alpha value is -1.19. The molecule has 3 heteroatoms. The van der Waals surface area contributed by atoms with Gasteiger partial charge >= 0.3 is 0 Å². The summed E-state index contributed by atoms with van der Waals surface area (Å²) < 4.78 is 14.1. The first-order valence-corrected chi connectivity index (χ1v) is 7.62. The first kappa shape index (κ1) is 15.2. The van der Waals surface area contributed by atoms with Crippen LogP contribution in [0.4, 0.5) is 4.39 Å². The molecule has 0 bridgehead atoms. The van der Waals surface area contributed by atoms with E-state index >= 15 is 0 Å². The number of hydrogen-bond acceptors (Lipinski definition) is 1. The molecular weight excluding hydrogens is 317 g/mol. The highest BCUT2D eigenvalue weighted by Crippen LogP contribution is 2.26. The summed E-state index contributed by atoms with van der Waals surface area (Å²) in [7, 11) is 0. The maximum Gasteiger partial charge on any atom is 0.124 e. The first-order chi connectivity index (χ1) is 9.51. The molecular formula is C17H19BrFN. The summed E-state index contributed by atoms with van der Waals surface area (Å²) in [5, 5.41) is 0. The van der Waals surface area contributed by atoms with Gasteiger partial charge in [0.2, 0.25) is 0 Å². The van der Waals surface area contributed by atoms with E-state index in [1.807, 2.05) is 18.2 Å². The normalized spacial score (nSPS) is 14.1. The Bertz CT molecular complexity index is 560. The number of nitrogens with two attached hydrogens (primary N) is 1. The first-order valence-electron chi connectivity index (χ1n) is 6.82. The van der Waals surface area contributed by atoms with Gasteiger partial charge in [-0.1, -0.05) is 54.0 Å². The lowest BCUT2D eigenvalue weighted by Crippen LogP contribution is -2.12. The van der Waals surface area contributed by atoms with Crippen LogP contribution in [0.2, 0.25) is 0 Å². The highest BCUT2D eigenvalue weighted by molar-refractivity contribution is 9.10. The maximum absolute atomic E-state index is 13.4. The number of halogens is 2. The molecule has 1 nitrogen and oxygen atoms in total. The minimum Gasteiger partial charge on any atom is -0.320 e. The van der Waals surface area contributed by atoms with Crippen molar-refractivity contribution in [3.8, 4) is 0 Å². The predicted octanol–water partition coefficient (Wildman–Crippen LogP) is 5.15. The Morgan fingerprint density at radius 3 is 2.20 bits per heavy atom. The van der Waals surface area contributed by atoms with Crippen molar-refractivity contribution in [1.29, 1.82) is 0 Å². The molecule has 0 saturated carbocycles. The lowest BCUT2D eigenvalue weighted by Gasteiger charge is -2.15. The minimum absolute atomic E-state index is 0.277. The summed E-state index contributed by atoms with van der Waals surface area (Å²) >= 11 is 3.30. The Kier molecular flexibility index (Phi) is 4.95. The van der Waals surface area contributed by atoms with E-state index in [1.165, 1.54) is 17.7 Å². The Balaban J connectivity index is 2.26. The van der Waals surface area contributed by atoms with Crippen LogP contribution in [0, 0.1) is 5.82 Å². The molecule has 2 rings (SSSR count).